The van der Waals surface area contributed by atoms with Crippen LogP contribution in [0.3, 0.4) is 0 Å². The fourth-order valence-electron chi connectivity index (χ4n) is 1.90. The van der Waals surface area contributed by atoms with E-state index in [1.54, 1.807) is 0 Å². The van der Waals surface area contributed by atoms with Gasteiger partial charge in [0.05, 0.1) is 0 Å². The molecule has 54 valence electrons. The average molecular weight is 138 g/mol. The van der Waals surface area contributed by atoms with Gasteiger partial charge in [0.25, 0.3) is 0 Å². The van der Waals surface area contributed by atoms with E-state index in [2.05, 4.69) is 6.08 Å². The summed E-state index contributed by atoms with van der Waals surface area (Å²) in [6.07, 6.45) is 4.93. The maximum absolute atomic E-state index is 11.1. The molecule has 10 heavy (non-hydrogen) atoms. The zero-order valence-electron chi connectivity index (χ0n) is 5.66. The van der Waals surface area contributed by atoms with Crippen LogP contribution < -0.4 is 0 Å². The molecule has 0 amide bonds. The van der Waals surface area contributed by atoms with Gasteiger partial charge in [0, 0.05) is 5.92 Å². The van der Waals surface area contributed by atoms with Crippen molar-refractivity contribution < 1.29 is 9.90 Å². The molecule has 0 aromatic carbocycles. The third-order valence-corrected chi connectivity index (χ3v) is 2.48. The Morgan fingerprint density at radius 2 is 2.40 bits per heavy atom. The molecular weight excluding hydrogens is 128 g/mol. The lowest BCUT2D eigenvalue weighted by atomic mass is 10.00. The van der Waals surface area contributed by atoms with Gasteiger partial charge in [0.2, 0.25) is 0 Å². The van der Waals surface area contributed by atoms with E-state index >= 15 is 0 Å². The van der Waals surface area contributed by atoms with Crippen molar-refractivity contribution in [3.63, 3.8) is 0 Å². The van der Waals surface area contributed by atoms with Crippen LogP contribution in [0.2, 0.25) is 0 Å². The molecule has 0 bridgehead atoms. The van der Waals surface area contributed by atoms with Gasteiger partial charge in [-0.05, 0) is 18.8 Å². The summed E-state index contributed by atoms with van der Waals surface area (Å²) < 4.78 is 0. The second kappa shape index (κ2) is 1.92. The number of Topliss-reactive ketones (excluding diaryl/α,β-unsaturated/α-hetero) is 1. The minimum atomic E-state index is -0.667. The van der Waals surface area contributed by atoms with Crippen molar-refractivity contribution in [2.45, 2.75) is 18.9 Å². The van der Waals surface area contributed by atoms with Crippen LogP contribution in [0.15, 0.2) is 12.2 Å². The standard InChI is InChI=1S/C8H10O2/c9-7-4-5-2-1-3-6(5)8(7)10/h1-2,5-7,9H,3-4H2. The fourth-order valence-corrected chi connectivity index (χ4v) is 1.90. The van der Waals surface area contributed by atoms with Crippen molar-refractivity contribution >= 4 is 5.78 Å². The van der Waals surface area contributed by atoms with E-state index in [1.165, 1.54) is 0 Å². The Hall–Kier alpha value is -0.630. The molecular formula is C8H10O2. The van der Waals surface area contributed by atoms with Gasteiger partial charge in [0.1, 0.15) is 6.10 Å². The second-order valence-corrected chi connectivity index (χ2v) is 3.09. The summed E-state index contributed by atoms with van der Waals surface area (Å²) in [6.45, 7) is 0. The number of hydrogen-bond donors (Lipinski definition) is 1. The van der Waals surface area contributed by atoms with Crippen LogP contribution in [0, 0.1) is 11.8 Å². The molecule has 2 rings (SSSR count). The van der Waals surface area contributed by atoms with E-state index in [1.807, 2.05) is 6.08 Å². The Bertz CT molecular complexity index is 195. The highest BCUT2D eigenvalue weighted by Gasteiger charge is 2.41. The monoisotopic (exact) mass is 138 g/mol. The Kier molecular flexibility index (Phi) is 1.17. The lowest BCUT2D eigenvalue weighted by Gasteiger charge is -2.02. The predicted octanol–water partition coefficient (Wildman–Crippen LogP) is 0.512. The third kappa shape index (κ3) is 0.655. The molecule has 0 heterocycles. The molecule has 2 heteroatoms. The van der Waals surface area contributed by atoms with Crippen LogP contribution in [0.25, 0.3) is 0 Å². The average Bonchev–Trinajstić information content (AvgIpc) is 2.41. The second-order valence-electron chi connectivity index (χ2n) is 3.09. The summed E-state index contributed by atoms with van der Waals surface area (Å²) in [4.78, 5) is 11.1. The maximum atomic E-state index is 11.1. The smallest absolute Gasteiger partial charge is 0.165 e. The maximum Gasteiger partial charge on any atom is 0.165 e. The van der Waals surface area contributed by atoms with Crippen LogP contribution in [0.5, 0.6) is 0 Å². The van der Waals surface area contributed by atoms with Gasteiger partial charge in [-0.1, -0.05) is 12.2 Å². The van der Waals surface area contributed by atoms with Gasteiger partial charge in [-0.15, -0.1) is 0 Å². The highest BCUT2D eigenvalue weighted by Crippen LogP contribution is 2.36. The van der Waals surface area contributed by atoms with E-state index in [4.69, 9.17) is 5.11 Å². The summed E-state index contributed by atoms with van der Waals surface area (Å²) in [5, 5.41) is 9.12. The van der Waals surface area contributed by atoms with Crippen molar-refractivity contribution in [1.82, 2.24) is 0 Å². The van der Waals surface area contributed by atoms with E-state index in [-0.39, 0.29) is 11.7 Å². The predicted molar refractivity (Wildman–Crippen MR) is 36.4 cm³/mol. The first-order valence-corrected chi connectivity index (χ1v) is 3.67. The van der Waals surface area contributed by atoms with Crippen LogP contribution in [-0.4, -0.2) is 17.0 Å². The Morgan fingerprint density at radius 3 is 3.10 bits per heavy atom. The first kappa shape index (κ1) is 6.10. The van der Waals surface area contributed by atoms with Crippen molar-refractivity contribution in [2.75, 3.05) is 0 Å². The van der Waals surface area contributed by atoms with Crippen molar-refractivity contribution in [1.29, 1.82) is 0 Å². The van der Waals surface area contributed by atoms with Crippen molar-refractivity contribution in [3.8, 4) is 0 Å². The minimum Gasteiger partial charge on any atom is -0.385 e. The molecule has 3 unspecified atom stereocenters. The topological polar surface area (TPSA) is 37.3 Å². The number of aliphatic hydroxyl groups is 1. The third-order valence-electron chi connectivity index (χ3n) is 2.48. The minimum absolute atomic E-state index is 0.0509. The van der Waals surface area contributed by atoms with E-state index in [0.717, 1.165) is 6.42 Å². The van der Waals surface area contributed by atoms with E-state index in [0.29, 0.717) is 12.3 Å². The van der Waals surface area contributed by atoms with E-state index in [9.17, 15) is 4.79 Å². The normalized spacial score (nSPS) is 44.5. The largest absolute Gasteiger partial charge is 0.385 e. The molecule has 0 aliphatic heterocycles. The number of fused-ring (bicyclic) bond motifs is 1. The number of ketones is 1. The Balaban J connectivity index is 2.22. The molecule has 2 aliphatic carbocycles. The SMILES string of the molecule is O=C1C(O)CC2C=CCC12. The number of rotatable bonds is 0. The molecule has 1 N–H and O–H groups in total. The molecule has 0 saturated heterocycles. The fraction of sp³-hybridized carbons (Fsp3) is 0.625. The number of allylic oxidation sites excluding steroid dienone is 2. The van der Waals surface area contributed by atoms with Gasteiger partial charge in [0.15, 0.2) is 5.78 Å². The zero-order valence-corrected chi connectivity index (χ0v) is 5.66. The molecule has 0 aromatic heterocycles. The highest BCUT2D eigenvalue weighted by molar-refractivity contribution is 5.88. The molecule has 1 fully saturated rings. The first-order valence-electron chi connectivity index (χ1n) is 3.67. The summed E-state index contributed by atoms with van der Waals surface area (Å²) >= 11 is 0. The molecule has 2 aliphatic rings. The summed E-state index contributed by atoms with van der Waals surface area (Å²) in [6, 6.07) is 0. The summed E-state index contributed by atoms with van der Waals surface area (Å²) in [5.74, 6) is 0.521. The molecule has 0 radical (unpaired) electrons. The lowest BCUT2D eigenvalue weighted by molar-refractivity contribution is -0.127. The van der Waals surface area contributed by atoms with Crippen molar-refractivity contribution in [3.05, 3.63) is 12.2 Å². The van der Waals surface area contributed by atoms with Crippen LogP contribution in [0.1, 0.15) is 12.8 Å². The molecule has 3 atom stereocenters. The quantitative estimate of drug-likeness (QED) is 0.495. The molecule has 0 spiro atoms. The number of aliphatic hydroxyl groups excluding tert-OH is 1. The van der Waals surface area contributed by atoms with Gasteiger partial charge in [-0.2, -0.15) is 0 Å². The number of hydrogen-bond acceptors (Lipinski definition) is 2. The summed E-state index contributed by atoms with van der Waals surface area (Å²) in [5.41, 5.74) is 0. The van der Waals surface area contributed by atoms with E-state index < -0.39 is 6.10 Å². The van der Waals surface area contributed by atoms with Gasteiger partial charge < -0.3 is 5.11 Å². The Labute approximate surface area is 59.5 Å². The molecule has 1 saturated carbocycles. The molecule has 2 nitrogen and oxygen atoms in total. The Morgan fingerprint density at radius 1 is 1.60 bits per heavy atom. The zero-order chi connectivity index (χ0) is 7.14. The van der Waals surface area contributed by atoms with Crippen LogP contribution in [0.4, 0.5) is 0 Å². The van der Waals surface area contributed by atoms with Gasteiger partial charge >= 0.3 is 0 Å². The summed E-state index contributed by atoms with van der Waals surface area (Å²) in [7, 11) is 0. The number of carbonyl (C=O) groups is 1. The molecule has 0 aromatic rings. The number of carbonyl (C=O) groups excluding carboxylic acids is 1. The van der Waals surface area contributed by atoms with Crippen molar-refractivity contribution in [2.24, 2.45) is 11.8 Å². The van der Waals surface area contributed by atoms with Crippen LogP contribution >= 0.6 is 0 Å². The lowest BCUT2D eigenvalue weighted by Crippen LogP contribution is -2.17. The highest BCUT2D eigenvalue weighted by atomic mass is 16.3. The van der Waals surface area contributed by atoms with Gasteiger partial charge in [-0.3, -0.25) is 4.79 Å². The van der Waals surface area contributed by atoms with Gasteiger partial charge in [-0.25, -0.2) is 0 Å². The van der Waals surface area contributed by atoms with Crippen LogP contribution in [-0.2, 0) is 4.79 Å². The first-order chi connectivity index (χ1) is 4.79.